The van der Waals surface area contributed by atoms with Gasteiger partial charge in [-0.3, -0.25) is 4.79 Å². The van der Waals surface area contributed by atoms with Crippen molar-refractivity contribution in [1.29, 1.82) is 0 Å². The van der Waals surface area contributed by atoms with Crippen LogP contribution >= 0.6 is 11.6 Å². The van der Waals surface area contributed by atoms with Crippen LogP contribution in [-0.2, 0) is 9.53 Å². The molecule has 4 aliphatic carbocycles. The first-order valence-electron chi connectivity index (χ1n) is 12.5. The van der Waals surface area contributed by atoms with Crippen molar-refractivity contribution < 1.29 is 9.53 Å². The maximum absolute atomic E-state index is 11.5. The largest absolute Gasteiger partial charge is 0.463 e. The number of carbonyl (C=O) groups is 1. The lowest BCUT2D eigenvalue weighted by Gasteiger charge is -2.61. The molecule has 4 rings (SSSR count). The van der Waals surface area contributed by atoms with Gasteiger partial charge in [-0.15, -0.1) is 11.6 Å². The van der Waals surface area contributed by atoms with Gasteiger partial charge in [0, 0.05) is 12.8 Å². The highest BCUT2D eigenvalue weighted by atomic mass is 35.5. The molecular weight excluding hydrogens is 380 g/mol. The van der Waals surface area contributed by atoms with Crippen LogP contribution in [0.4, 0.5) is 0 Å². The quantitative estimate of drug-likeness (QED) is 0.345. The molecule has 2 nitrogen and oxygen atoms in total. The number of fused-ring (bicyclic) bond motifs is 5. The van der Waals surface area contributed by atoms with E-state index >= 15 is 0 Å². The third-order valence-electron chi connectivity index (χ3n) is 10.5. The van der Waals surface area contributed by atoms with E-state index in [0.717, 1.165) is 54.2 Å². The van der Waals surface area contributed by atoms with Gasteiger partial charge in [0.25, 0.3) is 0 Å². The fourth-order valence-corrected chi connectivity index (χ4v) is 9.29. The van der Waals surface area contributed by atoms with Gasteiger partial charge in [0.1, 0.15) is 6.10 Å². The molecule has 1 unspecified atom stereocenters. The number of halogens is 1. The summed E-state index contributed by atoms with van der Waals surface area (Å²) in [5.74, 6) is 5.98. The van der Waals surface area contributed by atoms with E-state index in [0.29, 0.717) is 10.8 Å². The van der Waals surface area contributed by atoms with Crippen molar-refractivity contribution in [2.75, 3.05) is 5.88 Å². The van der Waals surface area contributed by atoms with E-state index in [-0.39, 0.29) is 12.1 Å². The molecule has 3 heteroatoms. The van der Waals surface area contributed by atoms with Crippen molar-refractivity contribution in [3.8, 4) is 0 Å². The lowest BCUT2D eigenvalue weighted by Crippen LogP contribution is -2.54. The summed E-state index contributed by atoms with van der Waals surface area (Å²) < 4.78 is 5.63. The van der Waals surface area contributed by atoms with Gasteiger partial charge >= 0.3 is 5.97 Å². The second-order valence-corrected chi connectivity index (χ2v) is 12.1. The Labute approximate surface area is 183 Å². The fraction of sp³-hybridized carbons (Fsp3) is 0.962. The van der Waals surface area contributed by atoms with Crippen molar-refractivity contribution in [2.24, 2.45) is 46.3 Å². The van der Waals surface area contributed by atoms with Gasteiger partial charge < -0.3 is 4.74 Å². The van der Waals surface area contributed by atoms with Gasteiger partial charge in [0.15, 0.2) is 0 Å². The molecule has 0 bridgehead atoms. The van der Waals surface area contributed by atoms with E-state index < -0.39 is 0 Å². The second kappa shape index (κ2) is 8.36. The predicted molar refractivity (Wildman–Crippen MR) is 120 cm³/mol. The highest BCUT2D eigenvalue weighted by Crippen LogP contribution is 2.68. The molecule has 0 saturated heterocycles. The van der Waals surface area contributed by atoms with Crippen LogP contribution in [0, 0.1) is 46.3 Å². The Hall–Kier alpha value is -0.240. The number of carbonyl (C=O) groups excluding carboxylic acids is 1. The first-order chi connectivity index (χ1) is 13.8. The average Bonchev–Trinajstić information content (AvgIpc) is 3.03. The third kappa shape index (κ3) is 3.79. The van der Waals surface area contributed by atoms with Gasteiger partial charge in [0.2, 0.25) is 0 Å². The Kier molecular flexibility index (Phi) is 6.33. The number of ether oxygens (including phenoxy) is 1. The number of rotatable bonds is 5. The molecule has 0 heterocycles. The highest BCUT2D eigenvalue weighted by Gasteiger charge is 2.60. The highest BCUT2D eigenvalue weighted by molar-refractivity contribution is 6.17. The topological polar surface area (TPSA) is 26.3 Å². The first kappa shape index (κ1) is 22.0. The van der Waals surface area contributed by atoms with Crippen LogP contribution < -0.4 is 0 Å². The molecule has 0 aliphatic heterocycles. The zero-order chi connectivity index (χ0) is 20.8. The minimum Gasteiger partial charge on any atom is -0.463 e. The van der Waals surface area contributed by atoms with Gasteiger partial charge in [-0.1, -0.05) is 20.8 Å². The molecule has 0 aromatic carbocycles. The van der Waals surface area contributed by atoms with Crippen LogP contribution in [-0.4, -0.2) is 18.0 Å². The number of hydrogen-bond donors (Lipinski definition) is 0. The average molecular weight is 423 g/mol. The minimum absolute atomic E-state index is 0.0963. The van der Waals surface area contributed by atoms with Crippen LogP contribution in [0.1, 0.15) is 98.3 Å². The summed E-state index contributed by atoms with van der Waals surface area (Å²) in [6, 6.07) is 0. The van der Waals surface area contributed by atoms with Crippen molar-refractivity contribution in [1.82, 2.24) is 0 Å². The first-order valence-corrected chi connectivity index (χ1v) is 13.1. The summed E-state index contributed by atoms with van der Waals surface area (Å²) in [5, 5.41) is 0. The van der Waals surface area contributed by atoms with E-state index in [1.54, 1.807) is 6.92 Å². The molecular formula is C26H43ClO2. The summed E-state index contributed by atoms with van der Waals surface area (Å²) in [6.45, 7) is 9.34. The third-order valence-corrected chi connectivity index (χ3v) is 10.8. The van der Waals surface area contributed by atoms with E-state index in [2.05, 4.69) is 20.8 Å². The Morgan fingerprint density at radius 3 is 2.48 bits per heavy atom. The van der Waals surface area contributed by atoms with Crippen LogP contribution in [0.25, 0.3) is 0 Å². The SMILES string of the molecule is CC(=O)O[C@@H]1CC[C@@]2(C)C(CC[C@H]3[C@@H]4CC[C@H]([C@H](C)CCCCl)[C@@]4(C)CC[C@@H]32)C1. The lowest BCUT2D eigenvalue weighted by molar-refractivity contribution is -0.160. The van der Waals surface area contributed by atoms with Crippen molar-refractivity contribution in [3.63, 3.8) is 0 Å². The van der Waals surface area contributed by atoms with Crippen molar-refractivity contribution in [3.05, 3.63) is 0 Å². The summed E-state index contributed by atoms with van der Waals surface area (Å²) in [4.78, 5) is 11.5. The normalized spacial score (nSPS) is 47.6. The van der Waals surface area contributed by atoms with Crippen LogP contribution in [0.15, 0.2) is 0 Å². The summed E-state index contributed by atoms with van der Waals surface area (Å²) in [6.07, 6.45) is 14.7. The van der Waals surface area contributed by atoms with Crippen molar-refractivity contribution in [2.45, 2.75) is 104 Å². The molecule has 4 fully saturated rings. The Morgan fingerprint density at radius 2 is 1.76 bits per heavy atom. The summed E-state index contributed by atoms with van der Waals surface area (Å²) >= 11 is 6.01. The van der Waals surface area contributed by atoms with Crippen molar-refractivity contribution >= 4 is 17.6 Å². The predicted octanol–water partition coefficient (Wildman–Crippen LogP) is 7.23. The van der Waals surface area contributed by atoms with Gasteiger partial charge in [-0.2, -0.15) is 0 Å². The summed E-state index contributed by atoms with van der Waals surface area (Å²) in [7, 11) is 0. The van der Waals surface area contributed by atoms with Crippen LogP contribution in [0.3, 0.4) is 0 Å². The van der Waals surface area contributed by atoms with E-state index in [4.69, 9.17) is 16.3 Å². The molecule has 0 radical (unpaired) electrons. The zero-order valence-corrected chi connectivity index (χ0v) is 20.0. The molecule has 0 aromatic rings. The molecule has 0 spiro atoms. The molecule has 0 aromatic heterocycles. The molecule has 4 saturated carbocycles. The Balaban J connectivity index is 1.48. The lowest BCUT2D eigenvalue weighted by atomic mass is 9.44. The number of hydrogen-bond acceptors (Lipinski definition) is 2. The van der Waals surface area contributed by atoms with E-state index in [1.807, 2.05) is 0 Å². The Morgan fingerprint density at radius 1 is 1.03 bits per heavy atom. The summed E-state index contributed by atoms with van der Waals surface area (Å²) in [5.41, 5.74) is 1.04. The fourth-order valence-electron chi connectivity index (χ4n) is 9.14. The van der Waals surface area contributed by atoms with E-state index in [1.165, 1.54) is 57.8 Å². The van der Waals surface area contributed by atoms with Crippen LogP contribution in [0.5, 0.6) is 0 Å². The molecule has 9 atom stereocenters. The minimum atomic E-state index is -0.0963. The van der Waals surface area contributed by atoms with Gasteiger partial charge in [-0.05, 0) is 117 Å². The molecule has 0 amide bonds. The maximum Gasteiger partial charge on any atom is 0.302 e. The standard InChI is InChI=1S/C26H43ClO2/c1-17(6-5-15-27)22-9-10-23-21-8-7-19-16-20(29-18(2)28)11-13-25(19,3)24(21)12-14-26(22,23)4/h17,19-24H,5-16H2,1-4H3/t17-,19?,20-,21+,22-,23+,24+,25+,26-/m1/s1. The smallest absolute Gasteiger partial charge is 0.302 e. The van der Waals surface area contributed by atoms with Crippen LogP contribution in [0.2, 0.25) is 0 Å². The molecule has 166 valence electrons. The number of alkyl halides is 1. The monoisotopic (exact) mass is 422 g/mol. The second-order valence-electron chi connectivity index (χ2n) is 11.7. The van der Waals surface area contributed by atoms with Gasteiger partial charge in [-0.25, -0.2) is 0 Å². The maximum atomic E-state index is 11.5. The van der Waals surface area contributed by atoms with Gasteiger partial charge in [0.05, 0.1) is 0 Å². The van der Waals surface area contributed by atoms with E-state index in [9.17, 15) is 4.79 Å². The number of esters is 1. The molecule has 0 N–H and O–H groups in total. The Bertz CT molecular complexity index is 606. The zero-order valence-electron chi connectivity index (χ0n) is 19.2. The molecule has 29 heavy (non-hydrogen) atoms. The molecule has 4 aliphatic rings.